The van der Waals surface area contributed by atoms with Gasteiger partial charge in [0.1, 0.15) is 0 Å². The van der Waals surface area contributed by atoms with E-state index >= 15 is 0 Å². The number of piperidine rings is 1. The van der Waals surface area contributed by atoms with Crippen molar-refractivity contribution in [3.05, 3.63) is 12.4 Å². The fourth-order valence-electron chi connectivity index (χ4n) is 3.46. The number of nitrogens with two attached hydrogens (primary N) is 1. The summed E-state index contributed by atoms with van der Waals surface area (Å²) < 4.78 is 1.95. The molecule has 3 rings (SSSR count). The highest BCUT2D eigenvalue weighted by Gasteiger charge is 2.32. The molecule has 2 atom stereocenters. The maximum atomic E-state index is 5.70. The van der Waals surface area contributed by atoms with E-state index in [0.717, 1.165) is 24.8 Å². The van der Waals surface area contributed by atoms with Crippen molar-refractivity contribution in [2.75, 3.05) is 31.9 Å². The third kappa shape index (κ3) is 2.92. The zero-order valence-corrected chi connectivity index (χ0v) is 11.8. The van der Waals surface area contributed by atoms with Gasteiger partial charge in [-0.3, -0.25) is 14.5 Å². The van der Waals surface area contributed by atoms with Crippen LogP contribution in [0, 0.1) is 0 Å². The first-order chi connectivity index (χ1) is 9.22. The summed E-state index contributed by atoms with van der Waals surface area (Å²) in [4.78, 5) is 5.31. The van der Waals surface area contributed by atoms with E-state index in [-0.39, 0.29) is 0 Å². The molecule has 2 N–H and O–H groups in total. The smallest absolute Gasteiger partial charge is 0.0719 e. The summed E-state index contributed by atoms with van der Waals surface area (Å²) in [5.41, 5.74) is 6.45. The van der Waals surface area contributed by atoms with Crippen molar-refractivity contribution in [1.29, 1.82) is 0 Å². The Morgan fingerprint density at radius 2 is 2.21 bits per heavy atom. The molecule has 5 heteroatoms. The highest BCUT2D eigenvalue weighted by Crippen LogP contribution is 2.23. The van der Waals surface area contributed by atoms with Gasteiger partial charge < -0.3 is 5.73 Å². The predicted molar refractivity (Wildman–Crippen MR) is 76.9 cm³/mol. The van der Waals surface area contributed by atoms with Gasteiger partial charge >= 0.3 is 0 Å². The van der Waals surface area contributed by atoms with E-state index in [0.29, 0.717) is 6.04 Å². The quantitative estimate of drug-likeness (QED) is 0.885. The van der Waals surface area contributed by atoms with Crippen LogP contribution < -0.4 is 5.73 Å². The molecular weight excluding hydrogens is 238 g/mol. The van der Waals surface area contributed by atoms with E-state index in [1.807, 2.05) is 10.9 Å². The number of anilines is 1. The molecule has 0 aromatic carbocycles. The van der Waals surface area contributed by atoms with Crippen molar-refractivity contribution in [2.24, 2.45) is 0 Å². The van der Waals surface area contributed by atoms with Crippen LogP contribution >= 0.6 is 0 Å². The fraction of sp³-hybridized carbons (Fsp3) is 0.786. The van der Waals surface area contributed by atoms with Crippen LogP contribution in [0.5, 0.6) is 0 Å². The molecule has 0 radical (unpaired) electrons. The number of hydrogen-bond donors (Lipinski definition) is 1. The van der Waals surface area contributed by atoms with Crippen LogP contribution in [0.25, 0.3) is 0 Å². The molecule has 0 amide bonds. The van der Waals surface area contributed by atoms with Gasteiger partial charge in [-0.05, 0) is 26.3 Å². The Hall–Kier alpha value is -1.07. The first-order valence-electron chi connectivity index (χ1n) is 7.48. The zero-order chi connectivity index (χ0) is 13.2. The number of nitrogens with zero attached hydrogens (tertiary/aromatic N) is 4. The summed E-state index contributed by atoms with van der Waals surface area (Å²) in [6.07, 6.45) is 7.80. The lowest BCUT2D eigenvalue weighted by Gasteiger charge is -2.47. The summed E-state index contributed by atoms with van der Waals surface area (Å²) in [5, 5.41) is 4.26. The summed E-state index contributed by atoms with van der Waals surface area (Å²) in [6.45, 7) is 8.12. The Morgan fingerprint density at radius 3 is 3.00 bits per heavy atom. The van der Waals surface area contributed by atoms with Crippen LogP contribution in [0.2, 0.25) is 0 Å². The lowest BCUT2D eigenvalue weighted by Crippen LogP contribution is -2.59. The van der Waals surface area contributed by atoms with Crippen molar-refractivity contribution < 1.29 is 0 Å². The molecule has 0 bridgehead atoms. The number of rotatable bonds is 3. The third-order valence-corrected chi connectivity index (χ3v) is 4.59. The Kier molecular flexibility index (Phi) is 3.75. The maximum Gasteiger partial charge on any atom is 0.0719 e. The van der Waals surface area contributed by atoms with Crippen LogP contribution in [-0.2, 0) is 6.54 Å². The SMILES string of the molecule is CC1CN2CCCCC2CN1CCn1cc(N)cn1. The van der Waals surface area contributed by atoms with Crippen LogP contribution in [0.4, 0.5) is 5.69 Å². The number of piperazine rings is 1. The first-order valence-corrected chi connectivity index (χ1v) is 7.48. The Balaban J connectivity index is 1.55. The third-order valence-electron chi connectivity index (χ3n) is 4.59. The van der Waals surface area contributed by atoms with E-state index in [1.54, 1.807) is 6.20 Å². The molecule has 2 aliphatic heterocycles. The van der Waals surface area contributed by atoms with E-state index in [9.17, 15) is 0 Å². The standard InChI is InChI=1S/C14H25N5/c1-12-9-18-5-3-2-4-14(18)11-17(12)6-7-19-10-13(15)8-16-19/h8,10,12,14H,2-7,9,11,15H2,1H3. The van der Waals surface area contributed by atoms with Crippen molar-refractivity contribution in [1.82, 2.24) is 19.6 Å². The molecule has 106 valence electrons. The average molecular weight is 263 g/mol. The molecule has 0 aliphatic carbocycles. The average Bonchev–Trinajstić information content (AvgIpc) is 2.82. The van der Waals surface area contributed by atoms with E-state index < -0.39 is 0 Å². The van der Waals surface area contributed by atoms with E-state index in [1.165, 1.54) is 38.9 Å². The van der Waals surface area contributed by atoms with E-state index in [4.69, 9.17) is 5.73 Å². The Bertz CT molecular complexity index is 416. The molecule has 2 unspecified atom stereocenters. The summed E-state index contributed by atoms with van der Waals surface area (Å²) in [6, 6.07) is 1.44. The minimum Gasteiger partial charge on any atom is -0.396 e. The van der Waals surface area contributed by atoms with Crippen molar-refractivity contribution >= 4 is 5.69 Å². The van der Waals surface area contributed by atoms with Gasteiger partial charge in [0.05, 0.1) is 18.4 Å². The number of nitrogen functional groups attached to an aromatic ring is 1. The van der Waals surface area contributed by atoms with Gasteiger partial charge in [0.25, 0.3) is 0 Å². The van der Waals surface area contributed by atoms with Crippen LogP contribution in [-0.4, -0.2) is 57.8 Å². The van der Waals surface area contributed by atoms with Gasteiger partial charge in [0.15, 0.2) is 0 Å². The fourth-order valence-corrected chi connectivity index (χ4v) is 3.46. The van der Waals surface area contributed by atoms with Gasteiger partial charge in [0.2, 0.25) is 0 Å². The largest absolute Gasteiger partial charge is 0.396 e. The molecule has 1 aromatic rings. The zero-order valence-electron chi connectivity index (χ0n) is 11.8. The second kappa shape index (κ2) is 5.51. The molecular formula is C14H25N5. The monoisotopic (exact) mass is 263 g/mol. The Labute approximate surface area is 115 Å². The Morgan fingerprint density at radius 1 is 1.32 bits per heavy atom. The molecule has 1 aromatic heterocycles. The number of fused-ring (bicyclic) bond motifs is 1. The molecule has 2 aliphatic rings. The predicted octanol–water partition coefficient (Wildman–Crippen LogP) is 1.02. The maximum absolute atomic E-state index is 5.70. The summed E-state index contributed by atoms with van der Waals surface area (Å²) >= 11 is 0. The van der Waals surface area contributed by atoms with Crippen molar-refractivity contribution in [3.63, 3.8) is 0 Å². The van der Waals surface area contributed by atoms with Crippen molar-refractivity contribution in [2.45, 2.75) is 44.8 Å². The highest BCUT2D eigenvalue weighted by atomic mass is 15.3. The second-order valence-electron chi connectivity index (χ2n) is 6.03. The topological polar surface area (TPSA) is 50.3 Å². The first kappa shape index (κ1) is 12.9. The highest BCUT2D eigenvalue weighted by molar-refractivity contribution is 5.30. The van der Waals surface area contributed by atoms with Crippen molar-refractivity contribution in [3.8, 4) is 0 Å². The molecule has 0 spiro atoms. The molecule has 0 saturated carbocycles. The molecule has 2 fully saturated rings. The number of aromatic nitrogens is 2. The lowest BCUT2D eigenvalue weighted by molar-refractivity contribution is 0.0134. The lowest BCUT2D eigenvalue weighted by atomic mass is 9.97. The summed E-state index contributed by atoms with van der Waals surface area (Å²) in [7, 11) is 0. The normalized spacial score (nSPS) is 29.3. The minimum atomic E-state index is 0.655. The van der Waals surface area contributed by atoms with Gasteiger partial charge in [-0.2, -0.15) is 5.10 Å². The van der Waals surface area contributed by atoms with Gasteiger partial charge in [0, 0.05) is 37.9 Å². The molecule has 5 nitrogen and oxygen atoms in total. The van der Waals surface area contributed by atoms with Gasteiger partial charge in [-0.15, -0.1) is 0 Å². The van der Waals surface area contributed by atoms with Crippen LogP contribution in [0.1, 0.15) is 26.2 Å². The summed E-state index contributed by atoms with van der Waals surface area (Å²) in [5.74, 6) is 0. The minimum absolute atomic E-state index is 0.655. The van der Waals surface area contributed by atoms with Crippen LogP contribution in [0.15, 0.2) is 12.4 Å². The molecule has 2 saturated heterocycles. The van der Waals surface area contributed by atoms with Crippen LogP contribution in [0.3, 0.4) is 0 Å². The second-order valence-corrected chi connectivity index (χ2v) is 6.03. The molecule has 3 heterocycles. The number of hydrogen-bond acceptors (Lipinski definition) is 4. The van der Waals surface area contributed by atoms with Gasteiger partial charge in [-0.1, -0.05) is 6.42 Å². The molecule has 19 heavy (non-hydrogen) atoms. The van der Waals surface area contributed by atoms with Gasteiger partial charge in [-0.25, -0.2) is 0 Å². The van der Waals surface area contributed by atoms with E-state index in [2.05, 4.69) is 21.8 Å².